The first-order valence-corrected chi connectivity index (χ1v) is 11.0. The smallest absolute Gasteiger partial charge is 0.410 e. The molecule has 2 aromatic heterocycles. The molecule has 0 radical (unpaired) electrons. The van der Waals surface area contributed by atoms with Crippen molar-refractivity contribution in [3.05, 3.63) is 42.9 Å². The van der Waals surface area contributed by atoms with Crippen LogP contribution < -0.4 is 4.90 Å². The molecule has 3 heterocycles. The zero-order valence-electron chi connectivity index (χ0n) is 19.3. The second-order valence-corrected chi connectivity index (χ2v) is 8.46. The predicted molar refractivity (Wildman–Crippen MR) is 125 cm³/mol. The number of benzene rings is 1. The van der Waals surface area contributed by atoms with Crippen LogP contribution in [0, 0.1) is 0 Å². The number of carbonyl (C=O) groups is 1. The quantitative estimate of drug-likeness (QED) is 0.621. The summed E-state index contributed by atoms with van der Waals surface area (Å²) in [5.74, 6) is 0.894. The predicted octanol–water partition coefficient (Wildman–Crippen LogP) is 5.10. The van der Waals surface area contributed by atoms with Crippen LogP contribution in [0.3, 0.4) is 0 Å². The number of carbonyl (C=O) groups excluding carboxylic acids is 1. The van der Waals surface area contributed by atoms with Crippen molar-refractivity contribution in [2.45, 2.75) is 53.2 Å². The molecule has 0 spiro atoms. The second kappa shape index (κ2) is 9.37. The standard InChI is InChI=1S/C22H27N5O2.C2H6/c1-15-13-26(10-11-27(15)21(28)29-22(2,3)4)20-18-17(16-8-6-5-7-9-16)12-23-19(18)24-14-25-20;1-2/h5-9,12,14-15H,10-11,13H2,1-4H3,(H,23,24,25);1-2H3. The number of hydrogen-bond acceptors (Lipinski definition) is 5. The minimum absolute atomic E-state index is 0.0164. The van der Waals surface area contributed by atoms with Gasteiger partial charge in [0.1, 0.15) is 23.4 Å². The zero-order chi connectivity index (χ0) is 22.6. The first-order valence-electron chi connectivity index (χ1n) is 11.0. The molecule has 3 aromatic rings. The van der Waals surface area contributed by atoms with Gasteiger partial charge in [-0.05, 0) is 33.3 Å². The van der Waals surface area contributed by atoms with Crippen molar-refractivity contribution in [3.63, 3.8) is 0 Å². The number of H-pyrrole nitrogens is 1. The van der Waals surface area contributed by atoms with Gasteiger partial charge in [0.05, 0.1) is 5.39 Å². The van der Waals surface area contributed by atoms with Gasteiger partial charge in [0.15, 0.2) is 0 Å². The number of anilines is 1. The average Bonchev–Trinajstić information content (AvgIpc) is 3.19. The maximum atomic E-state index is 12.5. The third-order valence-corrected chi connectivity index (χ3v) is 5.09. The van der Waals surface area contributed by atoms with Crippen molar-refractivity contribution in [2.75, 3.05) is 24.5 Å². The summed E-state index contributed by atoms with van der Waals surface area (Å²) >= 11 is 0. The Hall–Kier alpha value is -3.09. The molecule has 7 nitrogen and oxygen atoms in total. The highest BCUT2D eigenvalue weighted by molar-refractivity contribution is 6.01. The Balaban J connectivity index is 0.00000132. The van der Waals surface area contributed by atoms with Crippen LogP contribution in [0.1, 0.15) is 41.5 Å². The molecule has 1 atom stereocenters. The topological polar surface area (TPSA) is 74.4 Å². The van der Waals surface area contributed by atoms with Gasteiger partial charge in [-0.2, -0.15) is 0 Å². The van der Waals surface area contributed by atoms with E-state index in [2.05, 4.69) is 32.0 Å². The Labute approximate surface area is 184 Å². The number of rotatable bonds is 2. The average molecular weight is 424 g/mol. The van der Waals surface area contributed by atoms with Gasteiger partial charge in [-0.15, -0.1) is 0 Å². The summed E-state index contributed by atoms with van der Waals surface area (Å²) in [7, 11) is 0. The van der Waals surface area contributed by atoms with Crippen molar-refractivity contribution in [3.8, 4) is 11.1 Å². The fourth-order valence-electron chi connectivity index (χ4n) is 3.77. The van der Waals surface area contributed by atoms with Crippen molar-refractivity contribution < 1.29 is 9.53 Å². The van der Waals surface area contributed by atoms with E-state index in [-0.39, 0.29) is 12.1 Å². The van der Waals surface area contributed by atoms with Crippen molar-refractivity contribution in [2.24, 2.45) is 0 Å². The largest absolute Gasteiger partial charge is 0.444 e. The molecular formula is C24H33N5O2. The Morgan fingerprint density at radius 3 is 2.48 bits per heavy atom. The molecule has 166 valence electrons. The van der Waals surface area contributed by atoms with E-state index in [4.69, 9.17) is 4.74 Å². The monoisotopic (exact) mass is 423 g/mol. The van der Waals surface area contributed by atoms with Crippen LogP contribution in [-0.4, -0.2) is 57.2 Å². The number of fused-ring (bicyclic) bond motifs is 1. The zero-order valence-corrected chi connectivity index (χ0v) is 19.3. The maximum Gasteiger partial charge on any atom is 0.410 e. The molecule has 1 aliphatic rings. The van der Waals surface area contributed by atoms with Gasteiger partial charge in [0.25, 0.3) is 0 Å². The first-order chi connectivity index (χ1) is 14.8. The van der Waals surface area contributed by atoms with Crippen LogP contribution >= 0.6 is 0 Å². The number of amides is 1. The highest BCUT2D eigenvalue weighted by Crippen LogP contribution is 2.34. The number of hydrogen-bond donors (Lipinski definition) is 1. The molecule has 0 aliphatic carbocycles. The summed E-state index contributed by atoms with van der Waals surface area (Å²) in [6.45, 7) is 13.7. The third-order valence-electron chi connectivity index (χ3n) is 5.09. The molecule has 1 saturated heterocycles. The minimum Gasteiger partial charge on any atom is -0.444 e. The molecule has 1 aliphatic heterocycles. The normalized spacial score (nSPS) is 16.6. The van der Waals surface area contributed by atoms with Gasteiger partial charge < -0.3 is 19.5 Å². The summed E-state index contributed by atoms with van der Waals surface area (Å²) in [5, 5.41) is 1.01. The van der Waals surface area contributed by atoms with Gasteiger partial charge >= 0.3 is 6.09 Å². The van der Waals surface area contributed by atoms with E-state index in [9.17, 15) is 4.79 Å². The lowest BCUT2D eigenvalue weighted by Gasteiger charge is -2.40. The van der Waals surface area contributed by atoms with Crippen LogP contribution in [0.5, 0.6) is 0 Å². The molecule has 0 bridgehead atoms. The van der Waals surface area contributed by atoms with Gasteiger partial charge in [-0.25, -0.2) is 14.8 Å². The molecule has 1 aromatic carbocycles. The minimum atomic E-state index is -0.498. The molecule has 1 fully saturated rings. The lowest BCUT2D eigenvalue weighted by Crippen LogP contribution is -2.55. The number of nitrogens with one attached hydrogen (secondary N) is 1. The molecular weight excluding hydrogens is 390 g/mol. The number of ether oxygens (including phenoxy) is 1. The lowest BCUT2D eigenvalue weighted by molar-refractivity contribution is 0.0159. The fraction of sp³-hybridized carbons (Fsp3) is 0.458. The number of aromatic nitrogens is 3. The summed E-state index contributed by atoms with van der Waals surface area (Å²) in [6.07, 6.45) is 3.32. The molecule has 7 heteroatoms. The van der Waals surface area contributed by atoms with Crippen molar-refractivity contribution in [1.29, 1.82) is 0 Å². The highest BCUT2D eigenvalue weighted by atomic mass is 16.6. The lowest BCUT2D eigenvalue weighted by atomic mass is 10.1. The van der Waals surface area contributed by atoms with E-state index >= 15 is 0 Å². The van der Waals surface area contributed by atoms with Gasteiger partial charge in [0.2, 0.25) is 0 Å². The molecule has 1 N–H and O–H groups in total. The molecule has 1 amide bonds. The fourth-order valence-corrected chi connectivity index (χ4v) is 3.77. The van der Waals surface area contributed by atoms with Crippen LogP contribution in [-0.2, 0) is 4.74 Å². The Kier molecular flexibility index (Phi) is 6.83. The van der Waals surface area contributed by atoms with Crippen LogP contribution in [0.15, 0.2) is 42.9 Å². The first kappa shape index (κ1) is 22.6. The number of piperazine rings is 1. The molecule has 1 unspecified atom stereocenters. The molecule has 4 rings (SSSR count). The van der Waals surface area contributed by atoms with E-state index in [0.717, 1.165) is 28.0 Å². The van der Waals surface area contributed by atoms with E-state index in [1.54, 1.807) is 11.2 Å². The highest BCUT2D eigenvalue weighted by Gasteiger charge is 2.32. The second-order valence-electron chi connectivity index (χ2n) is 8.46. The summed E-state index contributed by atoms with van der Waals surface area (Å²) < 4.78 is 5.56. The Bertz CT molecular complexity index is 1010. The van der Waals surface area contributed by atoms with E-state index in [0.29, 0.717) is 19.6 Å². The third kappa shape index (κ3) is 4.98. The summed E-state index contributed by atoms with van der Waals surface area (Å²) in [5.41, 5.74) is 2.52. The SMILES string of the molecule is CC.CC1CN(c2ncnc3[nH]cc(-c4ccccc4)c23)CCN1C(=O)OC(C)(C)C. The molecule has 31 heavy (non-hydrogen) atoms. The van der Waals surface area contributed by atoms with Crippen LogP contribution in [0.2, 0.25) is 0 Å². The Morgan fingerprint density at radius 1 is 1.13 bits per heavy atom. The van der Waals surface area contributed by atoms with E-state index in [1.165, 1.54) is 0 Å². The Morgan fingerprint density at radius 2 is 1.84 bits per heavy atom. The van der Waals surface area contributed by atoms with Gasteiger partial charge in [0, 0.05) is 37.4 Å². The summed E-state index contributed by atoms with van der Waals surface area (Å²) in [6, 6.07) is 10.2. The van der Waals surface area contributed by atoms with Crippen molar-refractivity contribution >= 4 is 22.9 Å². The van der Waals surface area contributed by atoms with E-state index < -0.39 is 5.60 Å². The number of nitrogens with zero attached hydrogens (tertiary/aromatic N) is 4. The van der Waals surface area contributed by atoms with Crippen LogP contribution in [0.25, 0.3) is 22.2 Å². The van der Waals surface area contributed by atoms with Gasteiger partial charge in [-0.1, -0.05) is 44.2 Å². The summed E-state index contributed by atoms with van der Waals surface area (Å²) in [4.78, 5) is 28.9. The van der Waals surface area contributed by atoms with Crippen LogP contribution in [0.4, 0.5) is 10.6 Å². The number of aromatic amines is 1. The van der Waals surface area contributed by atoms with Gasteiger partial charge in [-0.3, -0.25) is 0 Å². The van der Waals surface area contributed by atoms with Crippen molar-refractivity contribution in [1.82, 2.24) is 19.9 Å². The maximum absolute atomic E-state index is 12.5. The van der Waals surface area contributed by atoms with E-state index in [1.807, 2.05) is 65.9 Å². The molecule has 0 saturated carbocycles.